The van der Waals surface area contributed by atoms with Gasteiger partial charge < -0.3 is 5.32 Å². The minimum absolute atomic E-state index is 0.187. The van der Waals surface area contributed by atoms with E-state index >= 15 is 0 Å². The SMILES string of the molecule is CSc1ccc(CSCC(=O)Nc2ccc(C)cc2F)cc1. The molecule has 2 aromatic rings. The van der Waals surface area contributed by atoms with Crippen molar-refractivity contribution in [3.8, 4) is 0 Å². The molecule has 0 unspecified atom stereocenters. The Labute approximate surface area is 138 Å². The minimum atomic E-state index is -0.397. The van der Waals surface area contributed by atoms with Crippen LogP contribution in [0, 0.1) is 12.7 Å². The average Bonchev–Trinajstić information content (AvgIpc) is 2.51. The van der Waals surface area contributed by atoms with Gasteiger partial charge in [-0.3, -0.25) is 4.79 Å². The molecule has 1 N–H and O–H groups in total. The maximum Gasteiger partial charge on any atom is 0.234 e. The molecular formula is C17H18FNOS2. The van der Waals surface area contributed by atoms with E-state index in [0.717, 1.165) is 11.3 Å². The average molecular weight is 335 g/mol. The van der Waals surface area contributed by atoms with E-state index in [1.165, 1.54) is 28.3 Å². The molecule has 0 radical (unpaired) electrons. The highest BCUT2D eigenvalue weighted by Gasteiger charge is 2.07. The first-order valence-corrected chi connectivity index (χ1v) is 9.23. The zero-order chi connectivity index (χ0) is 15.9. The van der Waals surface area contributed by atoms with E-state index in [9.17, 15) is 9.18 Å². The number of thioether (sulfide) groups is 2. The Morgan fingerprint density at radius 1 is 1.18 bits per heavy atom. The number of aryl methyl sites for hydroxylation is 1. The summed E-state index contributed by atoms with van der Waals surface area (Å²) in [5, 5.41) is 2.60. The van der Waals surface area contributed by atoms with E-state index in [-0.39, 0.29) is 11.6 Å². The zero-order valence-corrected chi connectivity index (χ0v) is 14.2. The number of anilines is 1. The van der Waals surface area contributed by atoms with Crippen molar-refractivity contribution in [2.75, 3.05) is 17.3 Å². The molecule has 0 fully saturated rings. The van der Waals surface area contributed by atoms with Gasteiger partial charge >= 0.3 is 0 Å². The Morgan fingerprint density at radius 2 is 1.91 bits per heavy atom. The molecule has 2 nitrogen and oxygen atoms in total. The smallest absolute Gasteiger partial charge is 0.234 e. The van der Waals surface area contributed by atoms with Gasteiger partial charge in [0.1, 0.15) is 5.82 Å². The van der Waals surface area contributed by atoms with E-state index < -0.39 is 5.82 Å². The van der Waals surface area contributed by atoms with Crippen LogP contribution in [0.3, 0.4) is 0 Å². The lowest BCUT2D eigenvalue weighted by molar-refractivity contribution is -0.113. The highest BCUT2D eigenvalue weighted by atomic mass is 32.2. The van der Waals surface area contributed by atoms with Crippen molar-refractivity contribution in [1.82, 2.24) is 0 Å². The Kier molecular flexibility index (Phi) is 6.34. The van der Waals surface area contributed by atoms with Crippen LogP contribution in [0.5, 0.6) is 0 Å². The number of hydrogen-bond donors (Lipinski definition) is 1. The van der Waals surface area contributed by atoms with Crippen LogP contribution in [0.25, 0.3) is 0 Å². The summed E-state index contributed by atoms with van der Waals surface area (Å²) in [4.78, 5) is 13.1. The highest BCUT2D eigenvalue weighted by molar-refractivity contribution is 7.99. The summed E-state index contributed by atoms with van der Waals surface area (Å²) < 4.78 is 13.6. The Bertz CT molecular complexity index is 644. The van der Waals surface area contributed by atoms with Crippen LogP contribution in [0.4, 0.5) is 10.1 Å². The Morgan fingerprint density at radius 3 is 2.55 bits per heavy atom. The van der Waals surface area contributed by atoms with Crippen molar-refractivity contribution < 1.29 is 9.18 Å². The predicted molar refractivity (Wildman–Crippen MR) is 94.2 cm³/mol. The van der Waals surface area contributed by atoms with Crippen LogP contribution in [0.2, 0.25) is 0 Å². The fraction of sp³-hybridized carbons (Fsp3) is 0.235. The Hall–Kier alpha value is -1.46. The second kappa shape index (κ2) is 8.25. The van der Waals surface area contributed by atoms with Crippen LogP contribution in [-0.2, 0) is 10.5 Å². The maximum absolute atomic E-state index is 13.6. The largest absolute Gasteiger partial charge is 0.323 e. The normalized spacial score (nSPS) is 10.5. The lowest BCUT2D eigenvalue weighted by atomic mass is 10.2. The molecule has 22 heavy (non-hydrogen) atoms. The molecule has 5 heteroatoms. The molecule has 0 heterocycles. The van der Waals surface area contributed by atoms with E-state index in [1.807, 2.05) is 13.2 Å². The fourth-order valence-corrected chi connectivity index (χ4v) is 3.09. The number of nitrogens with one attached hydrogen (secondary N) is 1. The third kappa shape index (κ3) is 5.07. The molecule has 0 spiro atoms. The molecular weight excluding hydrogens is 317 g/mol. The summed E-state index contributed by atoms with van der Waals surface area (Å²) in [6, 6.07) is 13.1. The van der Waals surface area contributed by atoms with Crippen LogP contribution >= 0.6 is 23.5 Å². The second-order valence-electron chi connectivity index (χ2n) is 4.87. The van der Waals surface area contributed by atoms with Crippen molar-refractivity contribution >= 4 is 35.1 Å². The lowest BCUT2D eigenvalue weighted by Crippen LogP contribution is -2.15. The Balaban J connectivity index is 1.79. The molecule has 2 rings (SSSR count). The molecule has 0 bridgehead atoms. The van der Waals surface area contributed by atoms with Crippen molar-refractivity contribution in [1.29, 1.82) is 0 Å². The summed E-state index contributed by atoms with van der Waals surface area (Å²) >= 11 is 3.22. The molecule has 1 amide bonds. The van der Waals surface area contributed by atoms with Crippen LogP contribution in [0.15, 0.2) is 47.4 Å². The second-order valence-corrected chi connectivity index (χ2v) is 6.74. The number of hydrogen-bond acceptors (Lipinski definition) is 3. The van der Waals surface area contributed by atoms with Gasteiger partial charge in [0.2, 0.25) is 5.91 Å². The van der Waals surface area contributed by atoms with Crippen LogP contribution in [0.1, 0.15) is 11.1 Å². The van der Waals surface area contributed by atoms with Crippen LogP contribution < -0.4 is 5.32 Å². The van der Waals surface area contributed by atoms with E-state index in [4.69, 9.17) is 0 Å². The topological polar surface area (TPSA) is 29.1 Å². The highest BCUT2D eigenvalue weighted by Crippen LogP contribution is 2.19. The van der Waals surface area contributed by atoms with Gasteiger partial charge in [-0.1, -0.05) is 18.2 Å². The third-order valence-electron chi connectivity index (χ3n) is 3.06. The van der Waals surface area contributed by atoms with Crippen LogP contribution in [-0.4, -0.2) is 17.9 Å². The fourth-order valence-electron chi connectivity index (χ4n) is 1.89. The molecule has 0 saturated heterocycles. The standard InChI is InChI=1S/C17H18FNOS2/c1-12-3-8-16(15(18)9-12)19-17(20)11-22-10-13-4-6-14(21-2)7-5-13/h3-9H,10-11H2,1-2H3,(H,19,20). The van der Waals surface area contributed by atoms with Gasteiger partial charge in [0.05, 0.1) is 11.4 Å². The molecule has 0 saturated carbocycles. The number of amides is 1. The maximum atomic E-state index is 13.6. The first kappa shape index (κ1) is 16.9. The third-order valence-corrected chi connectivity index (χ3v) is 4.81. The summed E-state index contributed by atoms with van der Waals surface area (Å²) in [6.45, 7) is 1.81. The summed E-state index contributed by atoms with van der Waals surface area (Å²) in [5.74, 6) is 0.482. The monoisotopic (exact) mass is 335 g/mol. The summed E-state index contributed by atoms with van der Waals surface area (Å²) in [5.41, 5.74) is 2.25. The van der Waals surface area contributed by atoms with Crippen molar-refractivity contribution in [2.45, 2.75) is 17.6 Å². The quantitative estimate of drug-likeness (QED) is 0.774. The number of carbonyl (C=O) groups excluding carboxylic acids is 1. The molecule has 0 aliphatic heterocycles. The molecule has 0 aliphatic carbocycles. The van der Waals surface area contributed by atoms with Gasteiger partial charge in [-0.15, -0.1) is 23.5 Å². The van der Waals surface area contributed by atoms with Gasteiger partial charge in [0.15, 0.2) is 0 Å². The molecule has 0 aromatic heterocycles. The van der Waals surface area contributed by atoms with Gasteiger partial charge in [0, 0.05) is 10.6 Å². The van der Waals surface area contributed by atoms with Crippen molar-refractivity contribution in [3.63, 3.8) is 0 Å². The molecule has 0 atom stereocenters. The lowest BCUT2D eigenvalue weighted by Gasteiger charge is -2.07. The van der Waals surface area contributed by atoms with Gasteiger partial charge in [-0.05, 0) is 48.6 Å². The van der Waals surface area contributed by atoms with Gasteiger partial charge in [-0.25, -0.2) is 4.39 Å². The minimum Gasteiger partial charge on any atom is -0.323 e. The molecule has 2 aromatic carbocycles. The molecule has 116 valence electrons. The zero-order valence-electron chi connectivity index (χ0n) is 12.6. The first-order valence-electron chi connectivity index (χ1n) is 6.85. The number of benzene rings is 2. The van der Waals surface area contributed by atoms with E-state index in [1.54, 1.807) is 23.9 Å². The van der Waals surface area contributed by atoms with E-state index in [0.29, 0.717) is 5.75 Å². The number of halogens is 1. The predicted octanol–water partition coefficient (Wildman–Crippen LogP) is 4.73. The first-order chi connectivity index (χ1) is 10.6. The van der Waals surface area contributed by atoms with Gasteiger partial charge in [0.25, 0.3) is 0 Å². The van der Waals surface area contributed by atoms with E-state index in [2.05, 4.69) is 29.6 Å². The van der Waals surface area contributed by atoms with Crippen molar-refractivity contribution in [3.05, 3.63) is 59.4 Å². The van der Waals surface area contributed by atoms with Crippen molar-refractivity contribution in [2.24, 2.45) is 0 Å². The number of rotatable bonds is 6. The summed E-state index contributed by atoms with van der Waals surface area (Å²) in [6.07, 6.45) is 2.04. The number of carbonyl (C=O) groups is 1. The molecule has 0 aliphatic rings. The summed E-state index contributed by atoms with van der Waals surface area (Å²) in [7, 11) is 0. The van der Waals surface area contributed by atoms with Gasteiger partial charge in [-0.2, -0.15) is 0 Å².